The van der Waals surface area contributed by atoms with Crippen molar-refractivity contribution in [2.75, 3.05) is 13.7 Å². The molecule has 1 aliphatic heterocycles. The predicted octanol–water partition coefficient (Wildman–Crippen LogP) is 4.04. The summed E-state index contributed by atoms with van der Waals surface area (Å²) in [5.41, 5.74) is 3.27. The largest absolute Gasteiger partial charge is 0.504 e. The highest BCUT2D eigenvalue weighted by Gasteiger charge is 2.30. The highest BCUT2D eigenvalue weighted by molar-refractivity contribution is 9.12. The Kier molecular flexibility index (Phi) is 5.41. The quantitative estimate of drug-likeness (QED) is 0.741. The number of phenols is 1. The molecule has 7 heteroatoms. The van der Waals surface area contributed by atoms with Crippen LogP contribution in [0.25, 0.3) is 6.20 Å². The zero-order chi connectivity index (χ0) is 19.7. The number of allylic oxidation sites excluding steroid dienone is 2. The normalized spacial score (nSPS) is 16.8. The predicted molar refractivity (Wildman–Crippen MR) is 108 cm³/mol. The molecule has 0 spiro atoms. The van der Waals surface area contributed by atoms with E-state index in [1.165, 1.54) is 7.11 Å². The second-order valence-corrected chi connectivity index (χ2v) is 7.40. The Hall–Kier alpha value is -2.54. The molecule has 1 aromatic carbocycles. The zero-order valence-electron chi connectivity index (χ0n) is 15.6. The van der Waals surface area contributed by atoms with Crippen molar-refractivity contribution in [2.24, 2.45) is 0 Å². The summed E-state index contributed by atoms with van der Waals surface area (Å²) in [5, 5.41) is 14.4. The fraction of sp³-hybridized carbons (Fsp3) is 0.300. The number of hydrogen-bond donors (Lipinski definition) is 1. The number of aryl methyl sites for hydroxylation is 1. The van der Waals surface area contributed by atoms with Crippen LogP contribution in [0.4, 0.5) is 0 Å². The van der Waals surface area contributed by atoms with Gasteiger partial charge in [0.15, 0.2) is 17.2 Å². The monoisotopic (exact) mass is 431 g/mol. The van der Waals surface area contributed by atoms with Crippen molar-refractivity contribution < 1.29 is 14.6 Å². The van der Waals surface area contributed by atoms with E-state index in [0.717, 1.165) is 21.3 Å². The summed E-state index contributed by atoms with van der Waals surface area (Å²) in [6, 6.07) is 5.17. The number of ether oxygens (including phenoxy) is 1. The van der Waals surface area contributed by atoms with Gasteiger partial charge in [-0.1, -0.05) is 12.7 Å². The molecule has 2 aromatic rings. The third kappa shape index (κ3) is 3.64. The van der Waals surface area contributed by atoms with Crippen molar-refractivity contribution in [1.82, 2.24) is 14.7 Å². The van der Waals surface area contributed by atoms with E-state index >= 15 is 0 Å². The highest BCUT2D eigenvalue weighted by atomic mass is 79.9. The zero-order valence-corrected chi connectivity index (χ0v) is 17.2. The van der Waals surface area contributed by atoms with Gasteiger partial charge >= 0.3 is 0 Å². The smallest absolute Gasteiger partial charge is 0.274 e. The van der Waals surface area contributed by atoms with Crippen LogP contribution >= 0.6 is 15.9 Å². The molecule has 3 rings (SSSR count). The van der Waals surface area contributed by atoms with Crippen molar-refractivity contribution in [2.45, 2.75) is 26.3 Å². The van der Waals surface area contributed by atoms with Gasteiger partial charge in [0.25, 0.3) is 5.91 Å². The molecule has 0 bridgehead atoms. The average Bonchev–Trinajstić information content (AvgIpc) is 3.01. The van der Waals surface area contributed by atoms with Gasteiger partial charge in [0, 0.05) is 22.9 Å². The molecule has 0 saturated carbocycles. The number of fused-ring (bicyclic) bond motifs is 1. The van der Waals surface area contributed by atoms with Gasteiger partial charge in [-0.15, -0.1) is 0 Å². The number of nitrogens with zero attached hydrogens (tertiary/aromatic N) is 3. The van der Waals surface area contributed by atoms with Gasteiger partial charge in [-0.2, -0.15) is 5.10 Å². The summed E-state index contributed by atoms with van der Waals surface area (Å²) in [6.07, 6.45) is 4.10. The van der Waals surface area contributed by atoms with E-state index in [2.05, 4.69) is 27.6 Å². The second kappa shape index (κ2) is 7.60. The number of carbonyl (C=O) groups excluding carboxylic acids is 1. The van der Waals surface area contributed by atoms with Gasteiger partial charge in [0.1, 0.15) is 0 Å². The Morgan fingerprint density at radius 3 is 2.85 bits per heavy atom. The van der Waals surface area contributed by atoms with Crippen LogP contribution in [0.2, 0.25) is 0 Å². The number of aromatic nitrogens is 2. The molecule has 2 heterocycles. The molecule has 1 atom stereocenters. The summed E-state index contributed by atoms with van der Waals surface area (Å²) < 4.78 is 7.65. The summed E-state index contributed by atoms with van der Waals surface area (Å²) in [4.78, 5) is 14.9. The minimum atomic E-state index is -0.142. The lowest BCUT2D eigenvalue weighted by Gasteiger charge is -2.35. The number of rotatable bonds is 4. The Morgan fingerprint density at radius 1 is 1.44 bits per heavy atom. The van der Waals surface area contributed by atoms with Gasteiger partial charge < -0.3 is 14.7 Å². The summed E-state index contributed by atoms with van der Waals surface area (Å²) in [7, 11) is 1.52. The van der Waals surface area contributed by atoms with Crippen LogP contribution in [0.5, 0.6) is 11.5 Å². The molecule has 1 N–H and O–H groups in total. The van der Waals surface area contributed by atoms with Gasteiger partial charge in [0.2, 0.25) is 0 Å². The molecule has 1 aromatic heterocycles. The van der Waals surface area contributed by atoms with E-state index in [1.807, 2.05) is 19.9 Å². The molecule has 1 amide bonds. The van der Waals surface area contributed by atoms with Crippen LogP contribution in [0, 0.1) is 6.92 Å². The van der Waals surface area contributed by atoms with Gasteiger partial charge in [-0.05, 0) is 65.5 Å². The minimum absolute atomic E-state index is 0.120. The molecule has 0 radical (unpaired) electrons. The molecule has 0 saturated heterocycles. The number of amides is 1. The maximum Gasteiger partial charge on any atom is 0.274 e. The molecule has 0 fully saturated rings. The number of carbonyl (C=O) groups is 1. The van der Waals surface area contributed by atoms with Crippen molar-refractivity contribution in [3.63, 3.8) is 0 Å². The first-order valence-corrected chi connectivity index (χ1v) is 9.41. The van der Waals surface area contributed by atoms with E-state index in [9.17, 15) is 9.90 Å². The van der Waals surface area contributed by atoms with E-state index in [-0.39, 0.29) is 17.7 Å². The maximum atomic E-state index is 13.1. The van der Waals surface area contributed by atoms with Gasteiger partial charge in [-0.25, -0.2) is 4.68 Å². The third-order valence-electron chi connectivity index (χ3n) is 4.82. The van der Waals surface area contributed by atoms with E-state index in [1.54, 1.807) is 34.0 Å². The Morgan fingerprint density at radius 2 is 2.19 bits per heavy atom. The van der Waals surface area contributed by atoms with Crippen LogP contribution in [0.1, 0.15) is 40.3 Å². The molecular formula is C20H22BrN3O3. The van der Waals surface area contributed by atoms with Gasteiger partial charge in [0.05, 0.1) is 13.2 Å². The Labute approximate surface area is 166 Å². The molecule has 27 heavy (non-hydrogen) atoms. The Balaban J connectivity index is 1.91. The number of halogens is 1. The number of aromatic hydroxyl groups is 1. The molecule has 0 aliphatic carbocycles. The molecule has 142 valence electrons. The van der Waals surface area contributed by atoms with Gasteiger partial charge in [-0.3, -0.25) is 4.79 Å². The lowest BCUT2D eigenvalue weighted by molar-refractivity contribution is 0.0670. The summed E-state index contributed by atoms with van der Waals surface area (Å²) in [6.45, 7) is 8.13. The fourth-order valence-electron chi connectivity index (χ4n) is 3.32. The van der Waals surface area contributed by atoms with Crippen LogP contribution in [0.15, 0.2) is 35.3 Å². The lowest BCUT2D eigenvalue weighted by atomic mass is 9.92. The Bertz CT molecular complexity index is 933. The maximum absolute atomic E-state index is 13.1. The van der Waals surface area contributed by atoms with Crippen molar-refractivity contribution in [1.29, 1.82) is 0 Å². The van der Waals surface area contributed by atoms with Crippen LogP contribution in [-0.2, 0) is 6.42 Å². The molecule has 1 aliphatic rings. The molecule has 1 unspecified atom stereocenters. The number of benzene rings is 1. The first-order chi connectivity index (χ1) is 12.8. The number of phenolic OH excluding ortho intramolecular Hbond substituents is 1. The highest BCUT2D eigenvalue weighted by Crippen LogP contribution is 2.37. The fourth-order valence-corrected chi connectivity index (χ4v) is 3.51. The second-order valence-electron chi connectivity index (χ2n) is 6.48. The molecule has 6 nitrogen and oxygen atoms in total. The van der Waals surface area contributed by atoms with Crippen LogP contribution in [-0.4, -0.2) is 39.3 Å². The summed E-state index contributed by atoms with van der Waals surface area (Å²) in [5.74, 6) is 0.414. The molecular weight excluding hydrogens is 410 g/mol. The van der Waals surface area contributed by atoms with E-state index in [4.69, 9.17) is 4.74 Å². The topological polar surface area (TPSA) is 67.6 Å². The first kappa shape index (κ1) is 19.2. The van der Waals surface area contributed by atoms with Crippen molar-refractivity contribution in [3.8, 4) is 11.5 Å². The number of methoxy groups -OCH3 is 1. The summed E-state index contributed by atoms with van der Waals surface area (Å²) >= 11 is 3.37. The SMILES string of the molecule is C=C/C(Br)=C\n1nc(C(=O)N2CCc3cc(O)c(OC)cc3C2C)cc1C. The lowest BCUT2D eigenvalue weighted by Crippen LogP contribution is -2.39. The van der Waals surface area contributed by atoms with Crippen molar-refractivity contribution in [3.05, 3.63) is 57.9 Å². The third-order valence-corrected chi connectivity index (χ3v) is 5.35. The van der Waals surface area contributed by atoms with Crippen molar-refractivity contribution >= 4 is 28.0 Å². The first-order valence-electron chi connectivity index (χ1n) is 8.62. The standard InChI is InChI=1S/C20H22BrN3O3/c1-5-15(21)11-24-12(2)8-17(22-24)20(26)23-7-6-14-9-18(25)19(27-4)10-16(14)13(23)3/h5,8-11,13,25H,1,6-7H2,2-4H3/b15-11+. The van der Waals surface area contributed by atoms with E-state index < -0.39 is 0 Å². The minimum Gasteiger partial charge on any atom is -0.504 e. The number of hydrogen-bond acceptors (Lipinski definition) is 4. The van der Waals surface area contributed by atoms with Crippen LogP contribution in [0.3, 0.4) is 0 Å². The van der Waals surface area contributed by atoms with E-state index in [0.29, 0.717) is 24.4 Å². The average molecular weight is 432 g/mol. The van der Waals surface area contributed by atoms with Crippen LogP contribution < -0.4 is 4.74 Å².